The molecule has 0 amide bonds. The van der Waals surface area contributed by atoms with E-state index in [2.05, 4.69) is 4.90 Å². The second kappa shape index (κ2) is 6.43. The third-order valence-corrected chi connectivity index (χ3v) is 2.63. The maximum absolute atomic E-state index is 9.73. The lowest BCUT2D eigenvalue weighted by Gasteiger charge is -2.32. The molecule has 1 aliphatic rings. The maximum atomic E-state index is 9.73. The van der Waals surface area contributed by atoms with E-state index in [1.165, 1.54) is 0 Å². The summed E-state index contributed by atoms with van der Waals surface area (Å²) in [6.45, 7) is 7.00. The van der Waals surface area contributed by atoms with Crippen molar-refractivity contribution in [3.8, 4) is 0 Å². The summed E-state index contributed by atoms with van der Waals surface area (Å²) >= 11 is 0. The molecule has 4 heteroatoms. The summed E-state index contributed by atoms with van der Waals surface area (Å²) in [5, 5.41) is 9.73. The normalized spacial score (nSPS) is 25.8. The second-order valence-electron chi connectivity index (χ2n) is 4.70. The molecule has 4 nitrogen and oxygen atoms in total. The van der Waals surface area contributed by atoms with Crippen LogP contribution in [0.25, 0.3) is 0 Å². The molecule has 0 saturated carbocycles. The Morgan fingerprint density at radius 3 is 2.87 bits per heavy atom. The van der Waals surface area contributed by atoms with Crippen LogP contribution in [0.4, 0.5) is 0 Å². The SMILES string of the molecule is CC(C)OCC(O)CN1CCC[C@@H](N)C1. The zero-order chi connectivity index (χ0) is 11.3. The van der Waals surface area contributed by atoms with Gasteiger partial charge in [-0.15, -0.1) is 0 Å². The number of nitrogens with zero attached hydrogens (tertiary/aromatic N) is 1. The Hall–Kier alpha value is -0.160. The van der Waals surface area contributed by atoms with Crippen molar-refractivity contribution in [3.63, 3.8) is 0 Å². The van der Waals surface area contributed by atoms with E-state index in [4.69, 9.17) is 10.5 Å². The van der Waals surface area contributed by atoms with Crippen molar-refractivity contribution < 1.29 is 9.84 Å². The average molecular weight is 216 g/mol. The molecule has 0 aromatic rings. The quantitative estimate of drug-likeness (QED) is 0.689. The van der Waals surface area contributed by atoms with E-state index in [1.807, 2.05) is 13.8 Å². The number of rotatable bonds is 5. The van der Waals surface area contributed by atoms with Gasteiger partial charge in [0.15, 0.2) is 0 Å². The lowest BCUT2D eigenvalue weighted by Crippen LogP contribution is -2.46. The highest BCUT2D eigenvalue weighted by atomic mass is 16.5. The van der Waals surface area contributed by atoms with Gasteiger partial charge in [-0.25, -0.2) is 0 Å². The number of hydrogen-bond acceptors (Lipinski definition) is 4. The second-order valence-corrected chi connectivity index (χ2v) is 4.70. The number of likely N-dealkylation sites (tertiary alicyclic amines) is 1. The predicted molar refractivity (Wildman–Crippen MR) is 60.7 cm³/mol. The van der Waals surface area contributed by atoms with Crippen molar-refractivity contribution in [2.75, 3.05) is 26.2 Å². The Bertz CT molecular complexity index is 176. The lowest BCUT2D eigenvalue weighted by atomic mass is 10.1. The van der Waals surface area contributed by atoms with Gasteiger partial charge >= 0.3 is 0 Å². The molecule has 1 fully saturated rings. The van der Waals surface area contributed by atoms with E-state index in [1.54, 1.807) is 0 Å². The third kappa shape index (κ3) is 5.47. The Balaban J connectivity index is 2.16. The van der Waals surface area contributed by atoms with Crippen molar-refractivity contribution >= 4 is 0 Å². The fourth-order valence-electron chi connectivity index (χ4n) is 1.91. The van der Waals surface area contributed by atoms with Gasteiger partial charge < -0.3 is 15.6 Å². The first-order chi connectivity index (χ1) is 7.08. The van der Waals surface area contributed by atoms with E-state index in [9.17, 15) is 5.11 Å². The summed E-state index contributed by atoms with van der Waals surface area (Å²) in [7, 11) is 0. The molecule has 90 valence electrons. The van der Waals surface area contributed by atoms with Crippen molar-refractivity contribution in [1.29, 1.82) is 0 Å². The highest BCUT2D eigenvalue weighted by Gasteiger charge is 2.19. The van der Waals surface area contributed by atoms with E-state index in [-0.39, 0.29) is 12.1 Å². The Kier molecular flexibility index (Phi) is 5.53. The van der Waals surface area contributed by atoms with E-state index < -0.39 is 6.10 Å². The van der Waals surface area contributed by atoms with Crippen LogP contribution in [-0.2, 0) is 4.74 Å². The van der Waals surface area contributed by atoms with Crippen LogP contribution in [0.1, 0.15) is 26.7 Å². The molecule has 0 aliphatic carbocycles. The molecule has 1 aliphatic heterocycles. The van der Waals surface area contributed by atoms with Gasteiger partial charge in [-0.05, 0) is 33.2 Å². The first-order valence-electron chi connectivity index (χ1n) is 5.85. The van der Waals surface area contributed by atoms with Crippen molar-refractivity contribution in [3.05, 3.63) is 0 Å². The van der Waals surface area contributed by atoms with Gasteiger partial charge in [0, 0.05) is 19.1 Å². The van der Waals surface area contributed by atoms with Crippen molar-refractivity contribution in [2.45, 2.75) is 44.9 Å². The Labute approximate surface area is 92.4 Å². The summed E-state index contributed by atoms with van der Waals surface area (Å²) < 4.78 is 5.36. The van der Waals surface area contributed by atoms with Crippen LogP contribution in [0, 0.1) is 0 Å². The van der Waals surface area contributed by atoms with Gasteiger partial charge in [0.05, 0.1) is 18.8 Å². The number of β-amino-alcohol motifs (C(OH)–C–C–N with tert-alkyl or cyclic N) is 1. The summed E-state index contributed by atoms with van der Waals surface area (Å²) in [6.07, 6.45) is 2.04. The highest BCUT2D eigenvalue weighted by molar-refractivity contribution is 4.76. The van der Waals surface area contributed by atoms with Crippen LogP contribution in [0.3, 0.4) is 0 Å². The van der Waals surface area contributed by atoms with Crippen LogP contribution < -0.4 is 5.73 Å². The molecule has 2 atom stereocenters. The zero-order valence-corrected chi connectivity index (χ0v) is 9.85. The molecular weight excluding hydrogens is 192 g/mol. The molecule has 0 spiro atoms. The highest BCUT2D eigenvalue weighted by Crippen LogP contribution is 2.08. The van der Waals surface area contributed by atoms with Crippen LogP contribution >= 0.6 is 0 Å². The molecule has 15 heavy (non-hydrogen) atoms. The maximum Gasteiger partial charge on any atom is 0.0900 e. The van der Waals surface area contributed by atoms with Gasteiger partial charge in [0.25, 0.3) is 0 Å². The number of hydrogen-bond donors (Lipinski definition) is 2. The fourth-order valence-corrected chi connectivity index (χ4v) is 1.91. The summed E-state index contributed by atoms with van der Waals surface area (Å²) in [5.41, 5.74) is 5.87. The van der Waals surface area contributed by atoms with Crippen molar-refractivity contribution in [1.82, 2.24) is 4.90 Å². The smallest absolute Gasteiger partial charge is 0.0900 e. The zero-order valence-electron chi connectivity index (χ0n) is 9.85. The molecule has 0 bridgehead atoms. The van der Waals surface area contributed by atoms with Gasteiger partial charge in [-0.2, -0.15) is 0 Å². The van der Waals surface area contributed by atoms with Crippen molar-refractivity contribution in [2.24, 2.45) is 5.73 Å². The number of aliphatic hydroxyl groups excluding tert-OH is 1. The molecule has 1 unspecified atom stereocenters. The van der Waals surface area contributed by atoms with Gasteiger partial charge in [0.1, 0.15) is 0 Å². The van der Waals surface area contributed by atoms with E-state index in [0.717, 1.165) is 25.9 Å². The summed E-state index contributed by atoms with van der Waals surface area (Å²) in [6, 6.07) is 0.275. The first-order valence-corrected chi connectivity index (χ1v) is 5.85. The minimum absolute atomic E-state index is 0.184. The van der Waals surface area contributed by atoms with Gasteiger partial charge in [-0.3, -0.25) is 4.90 Å². The molecule has 0 radical (unpaired) electrons. The molecule has 0 aromatic carbocycles. The van der Waals surface area contributed by atoms with Crippen LogP contribution in [0.2, 0.25) is 0 Å². The molecular formula is C11H24N2O2. The monoisotopic (exact) mass is 216 g/mol. The topological polar surface area (TPSA) is 58.7 Å². The fraction of sp³-hybridized carbons (Fsp3) is 1.00. The number of piperidine rings is 1. The van der Waals surface area contributed by atoms with Gasteiger partial charge in [-0.1, -0.05) is 0 Å². The summed E-state index contributed by atoms with van der Waals surface area (Å²) in [4.78, 5) is 2.22. The molecule has 0 aromatic heterocycles. The third-order valence-electron chi connectivity index (χ3n) is 2.63. The first kappa shape index (κ1) is 12.9. The Morgan fingerprint density at radius 1 is 1.53 bits per heavy atom. The number of ether oxygens (including phenoxy) is 1. The van der Waals surface area contributed by atoms with Gasteiger partial charge in [0.2, 0.25) is 0 Å². The van der Waals surface area contributed by atoms with Crippen LogP contribution in [0.15, 0.2) is 0 Å². The number of aliphatic hydroxyl groups is 1. The van der Waals surface area contributed by atoms with E-state index >= 15 is 0 Å². The summed E-state index contributed by atoms with van der Waals surface area (Å²) in [5.74, 6) is 0. The molecule has 3 N–H and O–H groups in total. The molecule has 1 heterocycles. The minimum atomic E-state index is -0.391. The molecule has 1 rings (SSSR count). The number of nitrogens with two attached hydrogens (primary N) is 1. The van der Waals surface area contributed by atoms with E-state index in [0.29, 0.717) is 13.2 Å². The van der Waals surface area contributed by atoms with Crippen LogP contribution in [-0.4, -0.2) is 54.5 Å². The standard InChI is InChI=1S/C11H24N2O2/c1-9(2)15-8-11(14)7-13-5-3-4-10(12)6-13/h9-11,14H,3-8,12H2,1-2H3/t10-,11?/m1/s1. The molecule has 1 saturated heterocycles. The lowest BCUT2D eigenvalue weighted by molar-refractivity contribution is -0.0114. The average Bonchev–Trinajstić information content (AvgIpc) is 2.15. The largest absolute Gasteiger partial charge is 0.389 e. The Morgan fingerprint density at radius 2 is 2.27 bits per heavy atom. The minimum Gasteiger partial charge on any atom is -0.389 e. The predicted octanol–water partition coefficient (Wildman–Crippen LogP) is 0.195. The van der Waals surface area contributed by atoms with Crippen LogP contribution in [0.5, 0.6) is 0 Å².